The standard InChI is InChI=1S/C15H12F2INO/c16-12-9-13(17)14(18)8-11(12)15(20)19-7-6-10-4-2-1-3-5-10/h1-5,8-9H,6-7H2,(H,19,20). The van der Waals surface area contributed by atoms with Gasteiger partial charge in [-0.3, -0.25) is 4.79 Å². The van der Waals surface area contributed by atoms with E-state index in [1.54, 1.807) is 22.6 Å². The Morgan fingerprint density at radius 1 is 1.10 bits per heavy atom. The molecule has 20 heavy (non-hydrogen) atoms. The van der Waals surface area contributed by atoms with Gasteiger partial charge in [0, 0.05) is 16.2 Å². The van der Waals surface area contributed by atoms with E-state index in [-0.39, 0.29) is 9.13 Å². The molecule has 0 spiro atoms. The highest BCUT2D eigenvalue weighted by Crippen LogP contribution is 2.16. The number of benzene rings is 2. The third-order valence-corrected chi connectivity index (χ3v) is 3.62. The topological polar surface area (TPSA) is 29.1 Å². The zero-order chi connectivity index (χ0) is 14.5. The fourth-order valence-corrected chi connectivity index (χ4v) is 2.22. The van der Waals surface area contributed by atoms with E-state index >= 15 is 0 Å². The van der Waals surface area contributed by atoms with Crippen LogP contribution in [0, 0.1) is 15.2 Å². The van der Waals surface area contributed by atoms with Gasteiger partial charge in [-0.05, 0) is 40.6 Å². The van der Waals surface area contributed by atoms with Crippen LogP contribution in [0.5, 0.6) is 0 Å². The molecule has 104 valence electrons. The van der Waals surface area contributed by atoms with Crippen molar-refractivity contribution in [1.82, 2.24) is 5.32 Å². The van der Waals surface area contributed by atoms with E-state index in [1.165, 1.54) is 6.07 Å². The number of amides is 1. The van der Waals surface area contributed by atoms with Gasteiger partial charge in [0.25, 0.3) is 5.91 Å². The summed E-state index contributed by atoms with van der Waals surface area (Å²) in [4.78, 5) is 11.8. The fourth-order valence-electron chi connectivity index (χ4n) is 1.76. The van der Waals surface area contributed by atoms with Crippen LogP contribution in [0.3, 0.4) is 0 Å². The molecule has 0 aromatic heterocycles. The first-order valence-corrected chi connectivity index (χ1v) is 7.12. The normalized spacial score (nSPS) is 10.3. The van der Waals surface area contributed by atoms with Crippen LogP contribution in [0.2, 0.25) is 0 Å². The van der Waals surface area contributed by atoms with E-state index < -0.39 is 17.5 Å². The minimum absolute atomic E-state index is 0.135. The second kappa shape index (κ2) is 6.78. The molecule has 0 saturated heterocycles. The molecule has 1 N–H and O–H groups in total. The first-order chi connectivity index (χ1) is 9.58. The summed E-state index contributed by atoms with van der Waals surface area (Å²) >= 11 is 1.73. The lowest BCUT2D eigenvalue weighted by molar-refractivity contribution is 0.0950. The highest BCUT2D eigenvalue weighted by molar-refractivity contribution is 14.1. The van der Waals surface area contributed by atoms with Crippen LogP contribution in [-0.2, 0) is 6.42 Å². The predicted octanol–water partition coefficient (Wildman–Crippen LogP) is 3.54. The molecule has 2 nitrogen and oxygen atoms in total. The molecule has 0 bridgehead atoms. The highest BCUT2D eigenvalue weighted by Gasteiger charge is 2.14. The molecule has 0 fully saturated rings. The van der Waals surface area contributed by atoms with Gasteiger partial charge >= 0.3 is 0 Å². The lowest BCUT2D eigenvalue weighted by atomic mass is 10.1. The molecule has 2 aromatic rings. The van der Waals surface area contributed by atoms with E-state index in [9.17, 15) is 13.6 Å². The van der Waals surface area contributed by atoms with Crippen LogP contribution < -0.4 is 5.32 Å². The van der Waals surface area contributed by atoms with Gasteiger partial charge in [0.1, 0.15) is 11.6 Å². The molecule has 2 rings (SSSR count). The summed E-state index contributed by atoms with van der Waals surface area (Å²) < 4.78 is 26.9. The molecule has 0 aliphatic carbocycles. The van der Waals surface area contributed by atoms with Crippen LogP contribution in [0.15, 0.2) is 42.5 Å². The average molecular weight is 387 g/mol. The molecule has 1 amide bonds. The Kier molecular flexibility index (Phi) is 5.05. The molecule has 0 radical (unpaired) electrons. The van der Waals surface area contributed by atoms with Gasteiger partial charge in [0.05, 0.1) is 5.56 Å². The third kappa shape index (κ3) is 3.75. The number of hydrogen-bond donors (Lipinski definition) is 1. The molecule has 0 atom stereocenters. The van der Waals surface area contributed by atoms with Crippen LogP contribution >= 0.6 is 22.6 Å². The summed E-state index contributed by atoms with van der Waals surface area (Å²) in [7, 11) is 0. The maximum Gasteiger partial charge on any atom is 0.254 e. The van der Waals surface area contributed by atoms with Gasteiger partial charge in [-0.15, -0.1) is 0 Å². The molecule has 0 aliphatic heterocycles. The lowest BCUT2D eigenvalue weighted by Gasteiger charge is -2.07. The summed E-state index contributed by atoms with van der Waals surface area (Å²) in [6, 6.07) is 11.6. The van der Waals surface area contributed by atoms with Gasteiger partial charge in [-0.2, -0.15) is 0 Å². The average Bonchev–Trinajstić information content (AvgIpc) is 2.44. The molecular weight excluding hydrogens is 375 g/mol. The van der Waals surface area contributed by atoms with Gasteiger partial charge in [0.15, 0.2) is 0 Å². The Balaban J connectivity index is 1.97. The zero-order valence-electron chi connectivity index (χ0n) is 10.5. The quantitative estimate of drug-likeness (QED) is 0.631. The first kappa shape index (κ1) is 14.9. The molecule has 0 saturated carbocycles. The minimum Gasteiger partial charge on any atom is -0.352 e. The Morgan fingerprint density at radius 2 is 1.80 bits per heavy atom. The maximum atomic E-state index is 13.5. The van der Waals surface area contributed by atoms with Crippen molar-refractivity contribution in [3.63, 3.8) is 0 Å². The van der Waals surface area contributed by atoms with Crippen molar-refractivity contribution < 1.29 is 13.6 Å². The summed E-state index contributed by atoms with van der Waals surface area (Å²) in [5, 5.41) is 2.63. The van der Waals surface area contributed by atoms with Gasteiger partial charge in [-0.25, -0.2) is 8.78 Å². The van der Waals surface area contributed by atoms with Crippen LogP contribution in [0.25, 0.3) is 0 Å². The molecule has 5 heteroatoms. The Hall–Kier alpha value is -1.50. The maximum absolute atomic E-state index is 13.5. The fraction of sp³-hybridized carbons (Fsp3) is 0.133. The monoisotopic (exact) mass is 387 g/mol. The van der Waals surface area contributed by atoms with Crippen molar-refractivity contribution in [3.8, 4) is 0 Å². The second-order valence-electron chi connectivity index (χ2n) is 4.24. The molecule has 0 heterocycles. The largest absolute Gasteiger partial charge is 0.352 e. The minimum atomic E-state index is -0.847. The van der Waals surface area contributed by atoms with E-state index in [4.69, 9.17) is 0 Å². The number of rotatable bonds is 4. The van der Waals surface area contributed by atoms with Gasteiger partial charge in [0.2, 0.25) is 0 Å². The van der Waals surface area contributed by atoms with Crippen LogP contribution in [0.4, 0.5) is 8.78 Å². The van der Waals surface area contributed by atoms with E-state index in [2.05, 4.69) is 5.32 Å². The number of halogens is 3. The van der Waals surface area contributed by atoms with Crippen LogP contribution in [0.1, 0.15) is 15.9 Å². The number of carbonyl (C=O) groups excluding carboxylic acids is 1. The molecular formula is C15H12F2INO. The van der Waals surface area contributed by atoms with Crippen molar-refractivity contribution in [2.45, 2.75) is 6.42 Å². The Bertz CT molecular complexity index is 617. The zero-order valence-corrected chi connectivity index (χ0v) is 12.7. The predicted molar refractivity (Wildman–Crippen MR) is 81.6 cm³/mol. The summed E-state index contributed by atoms with van der Waals surface area (Å²) in [6.45, 7) is 0.399. The van der Waals surface area contributed by atoms with Crippen molar-refractivity contribution in [1.29, 1.82) is 0 Å². The van der Waals surface area contributed by atoms with E-state index in [1.807, 2.05) is 30.3 Å². The first-order valence-electron chi connectivity index (χ1n) is 6.04. The molecule has 0 unspecified atom stereocenters. The van der Waals surface area contributed by atoms with Crippen molar-refractivity contribution in [2.24, 2.45) is 0 Å². The third-order valence-electron chi connectivity index (χ3n) is 2.80. The van der Waals surface area contributed by atoms with Gasteiger partial charge in [-0.1, -0.05) is 30.3 Å². The van der Waals surface area contributed by atoms with Crippen LogP contribution in [-0.4, -0.2) is 12.5 Å². The Morgan fingerprint density at radius 3 is 2.50 bits per heavy atom. The molecule has 0 aliphatic rings. The number of hydrogen-bond acceptors (Lipinski definition) is 1. The number of nitrogens with one attached hydrogen (secondary N) is 1. The summed E-state index contributed by atoms with van der Waals surface area (Å²) in [6.07, 6.45) is 0.659. The van der Waals surface area contributed by atoms with Crippen molar-refractivity contribution in [2.75, 3.05) is 6.54 Å². The second-order valence-corrected chi connectivity index (χ2v) is 5.40. The number of carbonyl (C=O) groups is 1. The molecule has 2 aromatic carbocycles. The van der Waals surface area contributed by atoms with E-state index in [0.29, 0.717) is 13.0 Å². The van der Waals surface area contributed by atoms with Gasteiger partial charge < -0.3 is 5.32 Å². The Labute approximate surface area is 129 Å². The highest BCUT2D eigenvalue weighted by atomic mass is 127. The SMILES string of the molecule is O=C(NCCc1ccccc1)c1cc(I)c(F)cc1F. The summed E-state index contributed by atoms with van der Waals surface area (Å²) in [5.41, 5.74) is 0.950. The van der Waals surface area contributed by atoms with Crippen molar-refractivity contribution in [3.05, 3.63) is 68.8 Å². The smallest absolute Gasteiger partial charge is 0.254 e. The lowest BCUT2D eigenvalue weighted by Crippen LogP contribution is -2.26. The summed E-state index contributed by atoms with van der Waals surface area (Å²) in [5.74, 6) is -2.04. The van der Waals surface area contributed by atoms with Crippen molar-refractivity contribution >= 4 is 28.5 Å². The van der Waals surface area contributed by atoms with E-state index in [0.717, 1.165) is 11.6 Å².